The Morgan fingerprint density at radius 1 is 1.05 bits per heavy atom. The average Bonchev–Trinajstić information content (AvgIpc) is 2.49. The van der Waals surface area contributed by atoms with Crippen molar-refractivity contribution in [2.75, 3.05) is 11.4 Å². The van der Waals surface area contributed by atoms with Crippen LogP contribution in [0.4, 0.5) is 14.5 Å². The lowest BCUT2D eigenvalue weighted by Gasteiger charge is -2.25. The van der Waals surface area contributed by atoms with Gasteiger partial charge in [0.1, 0.15) is 0 Å². The standard InChI is InChI=1S/C17H19F2NO/c1-2-3-9-20(14-7-5-4-6-8-14)12-13-10-15(18)17(21)16(19)11-13/h4-8,10-11,21H,2-3,9,12H2,1H3. The van der Waals surface area contributed by atoms with E-state index in [0.717, 1.165) is 25.1 Å². The molecule has 0 fully saturated rings. The predicted molar refractivity (Wildman–Crippen MR) is 80.4 cm³/mol. The van der Waals surface area contributed by atoms with Gasteiger partial charge in [-0.15, -0.1) is 0 Å². The third-order valence-corrected chi connectivity index (χ3v) is 3.35. The van der Waals surface area contributed by atoms with E-state index in [9.17, 15) is 8.78 Å². The number of phenols is 1. The van der Waals surface area contributed by atoms with Gasteiger partial charge in [-0.3, -0.25) is 0 Å². The van der Waals surface area contributed by atoms with Crippen LogP contribution < -0.4 is 4.90 Å². The zero-order chi connectivity index (χ0) is 15.2. The predicted octanol–water partition coefficient (Wildman–Crippen LogP) is 4.48. The number of halogens is 2. The van der Waals surface area contributed by atoms with Gasteiger partial charge in [-0.05, 0) is 36.2 Å². The average molecular weight is 291 g/mol. The minimum Gasteiger partial charge on any atom is -0.503 e. The van der Waals surface area contributed by atoms with Crippen LogP contribution >= 0.6 is 0 Å². The van der Waals surface area contributed by atoms with Crippen molar-refractivity contribution >= 4 is 5.69 Å². The lowest BCUT2D eigenvalue weighted by atomic mass is 10.1. The Hall–Kier alpha value is -2.10. The summed E-state index contributed by atoms with van der Waals surface area (Å²) in [6, 6.07) is 12.1. The molecule has 0 aliphatic heterocycles. The van der Waals surface area contributed by atoms with E-state index in [1.807, 2.05) is 30.3 Å². The summed E-state index contributed by atoms with van der Waals surface area (Å²) in [6.07, 6.45) is 2.04. The van der Waals surface area contributed by atoms with Crippen LogP contribution in [0.5, 0.6) is 5.75 Å². The Bertz CT molecular complexity index is 564. The molecule has 112 valence electrons. The van der Waals surface area contributed by atoms with Gasteiger partial charge in [0.25, 0.3) is 0 Å². The number of anilines is 1. The molecule has 21 heavy (non-hydrogen) atoms. The van der Waals surface area contributed by atoms with Crippen molar-refractivity contribution in [1.82, 2.24) is 0 Å². The van der Waals surface area contributed by atoms with Gasteiger partial charge < -0.3 is 10.0 Å². The van der Waals surface area contributed by atoms with Crippen molar-refractivity contribution < 1.29 is 13.9 Å². The molecule has 0 radical (unpaired) electrons. The van der Waals surface area contributed by atoms with Crippen molar-refractivity contribution in [2.24, 2.45) is 0 Å². The van der Waals surface area contributed by atoms with Crippen molar-refractivity contribution in [2.45, 2.75) is 26.3 Å². The van der Waals surface area contributed by atoms with Gasteiger partial charge in [-0.2, -0.15) is 0 Å². The summed E-state index contributed by atoms with van der Waals surface area (Å²) in [7, 11) is 0. The highest BCUT2D eigenvalue weighted by atomic mass is 19.1. The number of rotatable bonds is 6. The number of phenolic OH excluding ortho intramolecular Hbond substituents is 1. The van der Waals surface area contributed by atoms with Crippen molar-refractivity contribution in [1.29, 1.82) is 0 Å². The summed E-state index contributed by atoms with van der Waals surface area (Å²) in [5.41, 5.74) is 1.52. The lowest BCUT2D eigenvalue weighted by Crippen LogP contribution is -2.23. The quantitative estimate of drug-likeness (QED) is 0.848. The molecule has 0 atom stereocenters. The van der Waals surface area contributed by atoms with Gasteiger partial charge in [0.15, 0.2) is 17.4 Å². The molecule has 1 N–H and O–H groups in total. The maximum Gasteiger partial charge on any atom is 0.187 e. The maximum absolute atomic E-state index is 13.4. The Kier molecular flexibility index (Phi) is 5.14. The van der Waals surface area contributed by atoms with Crippen LogP contribution in [0.25, 0.3) is 0 Å². The normalized spacial score (nSPS) is 10.6. The molecule has 2 aromatic carbocycles. The van der Waals surface area contributed by atoms with Crippen molar-refractivity contribution in [3.8, 4) is 5.75 Å². The SMILES string of the molecule is CCCCN(Cc1cc(F)c(O)c(F)c1)c1ccccc1. The fourth-order valence-corrected chi connectivity index (χ4v) is 2.22. The minimum absolute atomic E-state index is 0.401. The van der Waals surface area contributed by atoms with Gasteiger partial charge in [0.05, 0.1) is 0 Å². The zero-order valence-corrected chi connectivity index (χ0v) is 12.0. The first-order chi connectivity index (χ1) is 10.1. The molecule has 2 nitrogen and oxygen atoms in total. The number of hydrogen-bond donors (Lipinski definition) is 1. The first-order valence-corrected chi connectivity index (χ1v) is 7.08. The second-order valence-electron chi connectivity index (χ2n) is 5.02. The van der Waals surface area contributed by atoms with E-state index >= 15 is 0 Å². The van der Waals surface area contributed by atoms with Crippen molar-refractivity contribution in [3.63, 3.8) is 0 Å². The molecule has 0 saturated carbocycles. The summed E-state index contributed by atoms with van der Waals surface area (Å²) < 4.78 is 26.9. The van der Waals surface area contributed by atoms with Gasteiger partial charge in [-0.25, -0.2) is 8.78 Å². The Labute approximate surface area is 123 Å². The Balaban J connectivity index is 2.23. The minimum atomic E-state index is -0.923. The monoisotopic (exact) mass is 291 g/mol. The molecule has 2 aromatic rings. The highest BCUT2D eigenvalue weighted by Crippen LogP contribution is 2.24. The number of nitrogens with zero attached hydrogens (tertiary/aromatic N) is 1. The van der Waals surface area contributed by atoms with Crippen LogP contribution in [-0.2, 0) is 6.54 Å². The van der Waals surface area contributed by atoms with Gasteiger partial charge in [0.2, 0.25) is 0 Å². The summed E-state index contributed by atoms with van der Waals surface area (Å²) in [5.74, 6) is -2.76. The van der Waals surface area contributed by atoms with Crippen molar-refractivity contribution in [3.05, 3.63) is 59.7 Å². The van der Waals surface area contributed by atoms with E-state index in [-0.39, 0.29) is 0 Å². The molecule has 0 aliphatic rings. The van der Waals surface area contributed by atoms with Crippen LogP contribution in [0, 0.1) is 11.6 Å². The van der Waals surface area contributed by atoms with Crippen LogP contribution in [0.15, 0.2) is 42.5 Å². The molecule has 0 saturated heterocycles. The number of aromatic hydroxyl groups is 1. The highest BCUT2D eigenvalue weighted by Gasteiger charge is 2.12. The fourth-order valence-electron chi connectivity index (χ4n) is 2.22. The van der Waals surface area contributed by atoms with E-state index in [1.54, 1.807) is 0 Å². The van der Waals surface area contributed by atoms with E-state index in [4.69, 9.17) is 5.11 Å². The zero-order valence-electron chi connectivity index (χ0n) is 12.0. The third-order valence-electron chi connectivity index (χ3n) is 3.35. The molecule has 2 rings (SSSR count). The van der Waals surface area contributed by atoms with E-state index in [1.165, 1.54) is 12.1 Å². The lowest BCUT2D eigenvalue weighted by molar-refractivity contribution is 0.395. The summed E-state index contributed by atoms with van der Waals surface area (Å²) in [6.45, 7) is 3.31. The second-order valence-corrected chi connectivity index (χ2v) is 5.02. The molecule has 0 spiro atoms. The second kappa shape index (κ2) is 7.07. The molecule has 0 amide bonds. The maximum atomic E-state index is 13.4. The van der Waals surface area contributed by atoms with E-state index < -0.39 is 17.4 Å². The summed E-state index contributed by atoms with van der Waals surface area (Å²) in [5, 5.41) is 9.16. The third kappa shape index (κ3) is 3.94. The van der Waals surface area contributed by atoms with Crippen LogP contribution in [0.1, 0.15) is 25.3 Å². The molecule has 4 heteroatoms. The molecule has 0 unspecified atom stereocenters. The largest absolute Gasteiger partial charge is 0.503 e. The summed E-state index contributed by atoms with van der Waals surface area (Å²) in [4.78, 5) is 2.08. The first-order valence-electron chi connectivity index (χ1n) is 7.08. The van der Waals surface area contributed by atoms with Gasteiger partial charge in [0, 0.05) is 18.8 Å². The molecular weight excluding hydrogens is 272 g/mol. The fraction of sp³-hybridized carbons (Fsp3) is 0.294. The molecular formula is C17H19F2NO. The highest BCUT2D eigenvalue weighted by molar-refractivity contribution is 5.47. The number of hydrogen-bond acceptors (Lipinski definition) is 2. The Morgan fingerprint density at radius 2 is 1.67 bits per heavy atom. The smallest absolute Gasteiger partial charge is 0.187 e. The van der Waals surface area contributed by atoms with E-state index in [0.29, 0.717) is 12.1 Å². The van der Waals surface area contributed by atoms with Crippen LogP contribution in [-0.4, -0.2) is 11.7 Å². The number of unbranched alkanes of at least 4 members (excludes halogenated alkanes) is 1. The first kappa shape index (κ1) is 15.3. The van der Waals surface area contributed by atoms with Crippen LogP contribution in [0.2, 0.25) is 0 Å². The van der Waals surface area contributed by atoms with E-state index in [2.05, 4.69) is 11.8 Å². The molecule has 0 aliphatic carbocycles. The Morgan fingerprint density at radius 3 is 2.24 bits per heavy atom. The molecule has 0 aromatic heterocycles. The number of benzene rings is 2. The summed E-state index contributed by atoms with van der Waals surface area (Å²) >= 11 is 0. The molecule has 0 heterocycles. The van der Waals surface area contributed by atoms with Crippen LogP contribution in [0.3, 0.4) is 0 Å². The number of para-hydroxylation sites is 1. The topological polar surface area (TPSA) is 23.5 Å². The van der Waals surface area contributed by atoms with Gasteiger partial charge >= 0.3 is 0 Å². The molecule has 0 bridgehead atoms. The van der Waals surface area contributed by atoms with Gasteiger partial charge in [-0.1, -0.05) is 31.5 Å².